The van der Waals surface area contributed by atoms with Gasteiger partial charge in [0.2, 0.25) is 5.95 Å². The van der Waals surface area contributed by atoms with E-state index in [4.69, 9.17) is 4.98 Å². The van der Waals surface area contributed by atoms with Crippen molar-refractivity contribution in [2.24, 2.45) is 7.05 Å². The Balaban J connectivity index is 1.60. The molecule has 2 aromatic carbocycles. The van der Waals surface area contributed by atoms with Crippen molar-refractivity contribution in [1.82, 2.24) is 18.7 Å². The van der Waals surface area contributed by atoms with Crippen LogP contribution in [0.1, 0.15) is 11.1 Å². The largest absolute Gasteiger partial charge is 0.332 e. The van der Waals surface area contributed by atoms with Crippen molar-refractivity contribution in [3.05, 3.63) is 92.6 Å². The van der Waals surface area contributed by atoms with Crippen molar-refractivity contribution in [1.29, 1.82) is 0 Å². The SMILES string of the molecule is Cc1ccccc1N1CCn2c1nc1c2c(=O)n(CC=Cc2ccccc2)c(=O)n1C. The standard InChI is InChI=1S/C24H23N5O2/c1-17-9-6-7-13-19(17)27-15-16-28-20-21(25-23(27)28)26(2)24(31)29(22(20)30)14-8-12-18-10-4-3-5-11-18/h3-13H,14-16H2,1-2H3. The second-order valence-electron chi connectivity index (χ2n) is 7.74. The number of para-hydroxylation sites is 1. The second kappa shape index (κ2) is 7.43. The summed E-state index contributed by atoms with van der Waals surface area (Å²) in [7, 11) is 1.67. The maximum absolute atomic E-state index is 13.3. The van der Waals surface area contributed by atoms with Crippen molar-refractivity contribution in [3.8, 4) is 0 Å². The Bertz CT molecular complexity index is 1430. The minimum atomic E-state index is -0.366. The summed E-state index contributed by atoms with van der Waals surface area (Å²) in [5.74, 6) is 0.703. The van der Waals surface area contributed by atoms with Gasteiger partial charge < -0.3 is 9.47 Å². The number of benzene rings is 2. The van der Waals surface area contributed by atoms with Gasteiger partial charge in [-0.1, -0.05) is 60.7 Å². The Morgan fingerprint density at radius 1 is 1.00 bits per heavy atom. The van der Waals surface area contributed by atoms with Gasteiger partial charge in [-0.05, 0) is 24.1 Å². The van der Waals surface area contributed by atoms with Crippen molar-refractivity contribution < 1.29 is 0 Å². The number of fused-ring (bicyclic) bond motifs is 3. The summed E-state index contributed by atoms with van der Waals surface area (Å²) in [6, 6.07) is 17.9. The first-order valence-corrected chi connectivity index (χ1v) is 10.3. The number of imidazole rings is 1. The third-order valence-electron chi connectivity index (χ3n) is 5.81. The van der Waals surface area contributed by atoms with E-state index in [-0.39, 0.29) is 17.8 Å². The fourth-order valence-corrected chi connectivity index (χ4v) is 4.19. The Hall–Kier alpha value is -3.87. The van der Waals surface area contributed by atoms with E-state index in [0.717, 1.165) is 23.4 Å². The Kier molecular flexibility index (Phi) is 4.58. The topological polar surface area (TPSA) is 65.1 Å². The van der Waals surface area contributed by atoms with Gasteiger partial charge in [0.25, 0.3) is 5.56 Å². The number of aryl methyl sites for hydroxylation is 2. The molecule has 0 fully saturated rings. The van der Waals surface area contributed by atoms with Gasteiger partial charge in [0.05, 0.1) is 0 Å². The van der Waals surface area contributed by atoms with E-state index in [2.05, 4.69) is 24.0 Å². The van der Waals surface area contributed by atoms with Crippen LogP contribution in [0.2, 0.25) is 0 Å². The summed E-state index contributed by atoms with van der Waals surface area (Å²) in [6.45, 7) is 3.65. The Labute approximate surface area is 179 Å². The van der Waals surface area contributed by atoms with Gasteiger partial charge in [-0.2, -0.15) is 4.98 Å². The molecule has 0 aliphatic carbocycles. The van der Waals surface area contributed by atoms with E-state index >= 15 is 0 Å². The minimum Gasteiger partial charge on any atom is -0.310 e. The molecule has 3 heterocycles. The highest BCUT2D eigenvalue weighted by atomic mass is 16.2. The number of hydrogen-bond acceptors (Lipinski definition) is 4. The molecule has 5 rings (SSSR count). The Morgan fingerprint density at radius 2 is 1.74 bits per heavy atom. The van der Waals surface area contributed by atoms with Gasteiger partial charge in [-0.3, -0.25) is 13.9 Å². The molecule has 156 valence electrons. The molecule has 1 aliphatic rings. The fraction of sp³-hybridized carbons (Fsp3) is 0.208. The van der Waals surface area contributed by atoms with E-state index in [1.807, 2.05) is 59.2 Å². The zero-order chi connectivity index (χ0) is 21.5. The van der Waals surface area contributed by atoms with Crippen LogP contribution in [0.4, 0.5) is 11.6 Å². The molecule has 7 heteroatoms. The molecule has 0 saturated carbocycles. The maximum atomic E-state index is 13.3. The van der Waals surface area contributed by atoms with Gasteiger partial charge in [0.1, 0.15) is 0 Å². The molecular weight excluding hydrogens is 390 g/mol. The van der Waals surface area contributed by atoms with Crippen LogP contribution in [0.25, 0.3) is 17.2 Å². The number of aromatic nitrogens is 4. The molecule has 4 aromatic rings. The molecule has 31 heavy (non-hydrogen) atoms. The smallest absolute Gasteiger partial charge is 0.310 e. The summed E-state index contributed by atoms with van der Waals surface area (Å²) < 4.78 is 4.67. The van der Waals surface area contributed by atoms with Crippen molar-refractivity contribution in [2.75, 3.05) is 11.4 Å². The summed E-state index contributed by atoms with van der Waals surface area (Å²) in [4.78, 5) is 33.0. The number of nitrogens with zero attached hydrogens (tertiary/aromatic N) is 5. The van der Waals surface area contributed by atoms with Gasteiger partial charge in [-0.25, -0.2) is 4.79 Å². The lowest BCUT2D eigenvalue weighted by atomic mass is 10.2. The highest BCUT2D eigenvalue weighted by molar-refractivity contribution is 5.78. The van der Waals surface area contributed by atoms with Gasteiger partial charge >= 0.3 is 5.69 Å². The maximum Gasteiger partial charge on any atom is 0.332 e. The van der Waals surface area contributed by atoms with Crippen molar-refractivity contribution >= 4 is 28.9 Å². The van der Waals surface area contributed by atoms with Crippen LogP contribution in [0.15, 0.2) is 70.3 Å². The third kappa shape index (κ3) is 3.09. The van der Waals surface area contributed by atoms with Gasteiger partial charge in [-0.15, -0.1) is 0 Å². The Morgan fingerprint density at radius 3 is 2.52 bits per heavy atom. The normalized spacial score (nSPS) is 13.4. The highest BCUT2D eigenvalue weighted by Crippen LogP contribution is 2.33. The fourth-order valence-electron chi connectivity index (χ4n) is 4.19. The third-order valence-corrected chi connectivity index (χ3v) is 5.81. The minimum absolute atomic E-state index is 0.207. The molecule has 2 aromatic heterocycles. The first kappa shape index (κ1) is 19.1. The van der Waals surface area contributed by atoms with Gasteiger partial charge in [0, 0.05) is 32.4 Å². The predicted molar refractivity (Wildman–Crippen MR) is 123 cm³/mol. The average Bonchev–Trinajstić information content (AvgIpc) is 3.35. The summed E-state index contributed by atoms with van der Waals surface area (Å²) in [6.07, 6.45) is 3.75. The van der Waals surface area contributed by atoms with Crippen molar-refractivity contribution in [3.63, 3.8) is 0 Å². The molecule has 0 spiro atoms. The van der Waals surface area contributed by atoms with Crippen LogP contribution >= 0.6 is 0 Å². The zero-order valence-corrected chi connectivity index (χ0v) is 17.5. The van der Waals surface area contributed by atoms with E-state index in [0.29, 0.717) is 23.7 Å². The first-order valence-electron chi connectivity index (χ1n) is 10.3. The molecule has 0 atom stereocenters. The summed E-state index contributed by atoms with van der Waals surface area (Å²) in [5, 5.41) is 0. The number of hydrogen-bond donors (Lipinski definition) is 0. The molecule has 1 aliphatic heterocycles. The second-order valence-corrected chi connectivity index (χ2v) is 7.74. The van der Waals surface area contributed by atoms with Crippen LogP contribution < -0.4 is 16.1 Å². The van der Waals surface area contributed by atoms with Crippen LogP contribution in [0.5, 0.6) is 0 Å². The van der Waals surface area contributed by atoms with E-state index in [1.54, 1.807) is 7.05 Å². The van der Waals surface area contributed by atoms with Crippen LogP contribution in [-0.4, -0.2) is 25.2 Å². The lowest BCUT2D eigenvalue weighted by Crippen LogP contribution is -2.39. The molecule has 0 radical (unpaired) electrons. The molecule has 7 nitrogen and oxygen atoms in total. The lowest BCUT2D eigenvalue weighted by molar-refractivity contribution is 0.663. The molecule has 0 N–H and O–H groups in total. The zero-order valence-electron chi connectivity index (χ0n) is 17.5. The van der Waals surface area contributed by atoms with E-state index < -0.39 is 0 Å². The lowest BCUT2D eigenvalue weighted by Gasteiger charge is -2.18. The van der Waals surface area contributed by atoms with E-state index in [9.17, 15) is 9.59 Å². The summed E-state index contributed by atoms with van der Waals surface area (Å²) >= 11 is 0. The molecular formula is C24H23N5O2. The number of anilines is 2. The van der Waals surface area contributed by atoms with Crippen LogP contribution in [-0.2, 0) is 20.1 Å². The quantitative estimate of drug-likeness (QED) is 0.516. The van der Waals surface area contributed by atoms with E-state index in [1.165, 1.54) is 9.13 Å². The predicted octanol–water partition coefficient (Wildman–Crippen LogP) is 3.07. The number of allylic oxidation sites excluding steroid dienone is 1. The monoisotopic (exact) mass is 413 g/mol. The molecule has 0 saturated heterocycles. The van der Waals surface area contributed by atoms with Crippen LogP contribution in [0, 0.1) is 6.92 Å². The number of rotatable bonds is 4. The summed E-state index contributed by atoms with van der Waals surface area (Å²) in [5.41, 5.74) is 3.45. The van der Waals surface area contributed by atoms with Gasteiger partial charge in [0.15, 0.2) is 11.2 Å². The molecule has 0 amide bonds. The first-order chi connectivity index (χ1) is 15.1. The highest BCUT2D eigenvalue weighted by Gasteiger charge is 2.29. The average molecular weight is 413 g/mol. The molecule has 0 bridgehead atoms. The molecule has 0 unspecified atom stereocenters. The van der Waals surface area contributed by atoms with Crippen LogP contribution in [0.3, 0.4) is 0 Å². The van der Waals surface area contributed by atoms with Crippen molar-refractivity contribution in [2.45, 2.75) is 20.0 Å².